The van der Waals surface area contributed by atoms with Gasteiger partial charge in [0.25, 0.3) is 0 Å². The highest BCUT2D eigenvalue weighted by atomic mass is 16.6. The predicted molar refractivity (Wildman–Crippen MR) is 75.1 cm³/mol. The maximum Gasteiger partial charge on any atom is 0.161 e. The van der Waals surface area contributed by atoms with E-state index < -0.39 is 0 Å². The average Bonchev–Trinajstić information content (AvgIpc) is 3.23. The Hall–Kier alpha value is -1.26. The molecule has 2 unspecified atom stereocenters. The molecule has 1 saturated carbocycles. The summed E-state index contributed by atoms with van der Waals surface area (Å²) in [7, 11) is 0. The minimum atomic E-state index is 0.437. The second kappa shape index (κ2) is 5.26. The highest BCUT2D eigenvalue weighted by Crippen LogP contribution is 2.39. The van der Waals surface area contributed by atoms with Crippen molar-refractivity contribution in [3.63, 3.8) is 0 Å². The van der Waals surface area contributed by atoms with Gasteiger partial charge in [0.15, 0.2) is 11.5 Å². The number of ether oxygens (including phenoxy) is 3. The Balaban J connectivity index is 1.39. The van der Waals surface area contributed by atoms with E-state index in [1.807, 2.05) is 6.07 Å². The van der Waals surface area contributed by atoms with E-state index in [0.29, 0.717) is 25.4 Å². The van der Waals surface area contributed by atoms with Crippen LogP contribution in [0.25, 0.3) is 0 Å². The molecule has 0 spiro atoms. The van der Waals surface area contributed by atoms with E-state index in [-0.39, 0.29) is 0 Å². The van der Waals surface area contributed by atoms with Crippen LogP contribution in [0.1, 0.15) is 24.8 Å². The molecule has 1 aromatic carbocycles. The number of fused-ring (bicyclic) bond motifs is 1. The zero-order valence-electron chi connectivity index (χ0n) is 11.6. The van der Waals surface area contributed by atoms with Crippen LogP contribution in [-0.2, 0) is 11.3 Å². The highest BCUT2D eigenvalue weighted by Gasteiger charge is 2.40. The summed E-state index contributed by atoms with van der Waals surface area (Å²) in [4.78, 5) is 0. The van der Waals surface area contributed by atoms with E-state index in [9.17, 15) is 0 Å². The Morgan fingerprint density at radius 2 is 1.85 bits per heavy atom. The van der Waals surface area contributed by atoms with E-state index in [0.717, 1.165) is 37.0 Å². The molecule has 2 aliphatic heterocycles. The van der Waals surface area contributed by atoms with E-state index in [4.69, 9.17) is 14.2 Å². The molecular formula is C16H21NO3. The van der Waals surface area contributed by atoms with Crippen molar-refractivity contribution in [2.45, 2.75) is 38.0 Å². The van der Waals surface area contributed by atoms with Gasteiger partial charge in [-0.15, -0.1) is 0 Å². The topological polar surface area (TPSA) is 39.7 Å². The van der Waals surface area contributed by atoms with Crippen LogP contribution in [0.5, 0.6) is 11.5 Å². The lowest BCUT2D eigenvalue weighted by molar-refractivity contribution is 0.0808. The summed E-state index contributed by atoms with van der Waals surface area (Å²) in [6.45, 7) is 3.06. The van der Waals surface area contributed by atoms with Crippen molar-refractivity contribution in [1.29, 1.82) is 0 Å². The third-order valence-corrected chi connectivity index (χ3v) is 4.40. The minimum absolute atomic E-state index is 0.437. The van der Waals surface area contributed by atoms with Crippen molar-refractivity contribution in [3.8, 4) is 11.5 Å². The molecule has 2 atom stereocenters. The van der Waals surface area contributed by atoms with E-state index in [2.05, 4.69) is 17.4 Å². The second-order valence-corrected chi connectivity index (χ2v) is 5.93. The first kappa shape index (κ1) is 12.5. The standard InChI is InChI=1S/C16H21NO3/c1-4-14-15(19-8-7-18-14)9-11(1)10-17-13-5-6-20-16(13)12-2-3-12/h1,4,9,12-13,16-17H,2-3,5-8,10H2. The molecule has 1 aromatic rings. The van der Waals surface area contributed by atoms with Gasteiger partial charge in [-0.25, -0.2) is 0 Å². The van der Waals surface area contributed by atoms with Crippen LogP contribution in [0.2, 0.25) is 0 Å². The summed E-state index contributed by atoms with van der Waals surface area (Å²) >= 11 is 0. The molecule has 0 bridgehead atoms. The van der Waals surface area contributed by atoms with Crippen LogP contribution >= 0.6 is 0 Å². The van der Waals surface area contributed by atoms with Crippen LogP contribution in [0.3, 0.4) is 0 Å². The van der Waals surface area contributed by atoms with Crippen molar-refractivity contribution in [3.05, 3.63) is 23.8 Å². The van der Waals surface area contributed by atoms with Crippen molar-refractivity contribution in [2.75, 3.05) is 19.8 Å². The molecule has 108 valence electrons. The van der Waals surface area contributed by atoms with Crippen molar-refractivity contribution in [2.24, 2.45) is 5.92 Å². The normalized spacial score (nSPS) is 28.6. The third-order valence-electron chi connectivity index (χ3n) is 4.40. The number of nitrogens with one attached hydrogen (secondary N) is 1. The molecule has 1 saturated heterocycles. The molecule has 4 rings (SSSR count). The third kappa shape index (κ3) is 2.50. The smallest absolute Gasteiger partial charge is 0.161 e. The number of hydrogen-bond acceptors (Lipinski definition) is 4. The molecule has 2 fully saturated rings. The summed E-state index contributed by atoms with van der Waals surface area (Å²) in [6, 6.07) is 6.72. The van der Waals surface area contributed by atoms with Gasteiger partial charge in [0, 0.05) is 19.2 Å². The van der Waals surface area contributed by atoms with Gasteiger partial charge in [-0.1, -0.05) is 6.07 Å². The van der Waals surface area contributed by atoms with Crippen LogP contribution in [0.4, 0.5) is 0 Å². The molecule has 0 radical (unpaired) electrons. The van der Waals surface area contributed by atoms with Crippen molar-refractivity contribution in [1.82, 2.24) is 5.32 Å². The summed E-state index contributed by atoms with van der Waals surface area (Å²) in [6.07, 6.45) is 4.25. The van der Waals surface area contributed by atoms with Gasteiger partial charge in [-0.3, -0.25) is 0 Å². The SMILES string of the molecule is c1cc2c(cc1CNC1CCOC1C1CC1)OCCO2. The molecule has 4 heteroatoms. The summed E-state index contributed by atoms with van der Waals surface area (Å²) in [5, 5.41) is 3.65. The Kier molecular flexibility index (Phi) is 3.28. The van der Waals surface area contributed by atoms with Gasteiger partial charge in [0.2, 0.25) is 0 Å². The first-order valence-electron chi connectivity index (χ1n) is 7.64. The monoisotopic (exact) mass is 275 g/mol. The minimum Gasteiger partial charge on any atom is -0.486 e. The predicted octanol–water partition coefficient (Wildman–Crippen LogP) is 2.11. The van der Waals surface area contributed by atoms with Gasteiger partial charge >= 0.3 is 0 Å². The molecule has 0 amide bonds. The van der Waals surface area contributed by atoms with E-state index >= 15 is 0 Å². The molecule has 4 nitrogen and oxygen atoms in total. The molecule has 1 aliphatic carbocycles. The largest absolute Gasteiger partial charge is 0.486 e. The Morgan fingerprint density at radius 1 is 1.00 bits per heavy atom. The average molecular weight is 275 g/mol. The lowest BCUT2D eigenvalue weighted by Crippen LogP contribution is -2.37. The molecular weight excluding hydrogens is 254 g/mol. The molecule has 1 N–H and O–H groups in total. The summed E-state index contributed by atoms with van der Waals surface area (Å²) < 4.78 is 17.0. The van der Waals surface area contributed by atoms with Gasteiger partial charge in [0.05, 0.1) is 6.10 Å². The van der Waals surface area contributed by atoms with E-state index in [1.54, 1.807) is 0 Å². The quantitative estimate of drug-likeness (QED) is 0.913. The zero-order chi connectivity index (χ0) is 13.4. The highest BCUT2D eigenvalue weighted by molar-refractivity contribution is 5.43. The summed E-state index contributed by atoms with van der Waals surface area (Å²) in [5.41, 5.74) is 1.25. The lowest BCUT2D eigenvalue weighted by atomic mass is 10.1. The Morgan fingerprint density at radius 3 is 2.70 bits per heavy atom. The fourth-order valence-corrected chi connectivity index (χ4v) is 3.17. The Bertz CT molecular complexity index is 487. The van der Waals surface area contributed by atoms with Crippen LogP contribution in [0, 0.1) is 5.92 Å². The maximum absolute atomic E-state index is 5.86. The fraction of sp³-hybridized carbons (Fsp3) is 0.625. The van der Waals surface area contributed by atoms with Crippen LogP contribution in [0.15, 0.2) is 18.2 Å². The van der Waals surface area contributed by atoms with Crippen molar-refractivity contribution >= 4 is 0 Å². The Labute approximate surface area is 119 Å². The first-order chi connectivity index (χ1) is 9.90. The second-order valence-electron chi connectivity index (χ2n) is 5.93. The molecule has 2 heterocycles. The maximum atomic E-state index is 5.86. The lowest BCUT2D eigenvalue weighted by Gasteiger charge is -2.21. The summed E-state index contributed by atoms with van der Waals surface area (Å²) in [5.74, 6) is 2.53. The van der Waals surface area contributed by atoms with Crippen LogP contribution < -0.4 is 14.8 Å². The molecule has 20 heavy (non-hydrogen) atoms. The number of hydrogen-bond donors (Lipinski definition) is 1. The van der Waals surface area contributed by atoms with E-state index in [1.165, 1.54) is 18.4 Å². The number of rotatable bonds is 4. The van der Waals surface area contributed by atoms with Crippen molar-refractivity contribution < 1.29 is 14.2 Å². The molecule has 3 aliphatic rings. The molecule has 0 aromatic heterocycles. The van der Waals surface area contributed by atoms with Crippen LogP contribution in [-0.4, -0.2) is 32.0 Å². The van der Waals surface area contributed by atoms with Gasteiger partial charge in [-0.05, 0) is 42.9 Å². The van der Waals surface area contributed by atoms with Gasteiger partial charge in [0.1, 0.15) is 13.2 Å². The zero-order valence-corrected chi connectivity index (χ0v) is 11.6. The number of benzene rings is 1. The fourth-order valence-electron chi connectivity index (χ4n) is 3.17. The van der Waals surface area contributed by atoms with Gasteiger partial charge in [-0.2, -0.15) is 0 Å². The first-order valence-corrected chi connectivity index (χ1v) is 7.64. The van der Waals surface area contributed by atoms with Gasteiger partial charge < -0.3 is 19.5 Å².